The topological polar surface area (TPSA) is 50.4 Å². The quantitative estimate of drug-likeness (QED) is 0.832. The maximum Gasteiger partial charge on any atom is 0.179 e. The summed E-state index contributed by atoms with van der Waals surface area (Å²) < 4.78 is 5.87. The number of anilines is 1. The van der Waals surface area contributed by atoms with Gasteiger partial charge in [-0.3, -0.25) is 4.79 Å². The summed E-state index contributed by atoms with van der Waals surface area (Å²) in [7, 11) is 0. The average molecular weight is 274 g/mol. The summed E-state index contributed by atoms with van der Waals surface area (Å²) in [6.45, 7) is 3.87. The fraction of sp³-hybridized carbons (Fsp3) is 0.562. The number of Topliss-reactive ketones (excluding diaryl/α,β-unsaturated/α-hetero) is 1. The minimum Gasteiger partial charge on any atom is -0.486 e. The van der Waals surface area contributed by atoms with Gasteiger partial charge in [0.15, 0.2) is 5.78 Å². The van der Waals surface area contributed by atoms with Gasteiger partial charge in [-0.2, -0.15) is 0 Å². The third-order valence-corrected chi connectivity index (χ3v) is 4.16. The van der Waals surface area contributed by atoms with Crippen LogP contribution in [-0.2, 0) is 0 Å². The molecule has 20 heavy (non-hydrogen) atoms. The van der Waals surface area contributed by atoms with E-state index in [0.29, 0.717) is 0 Å². The van der Waals surface area contributed by atoms with Gasteiger partial charge >= 0.3 is 0 Å². The zero-order valence-corrected chi connectivity index (χ0v) is 11.9. The van der Waals surface area contributed by atoms with E-state index < -0.39 is 0 Å². The third kappa shape index (κ3) is 2.66. The molecule has 4 nitrogen and oxygen atoms in total. The number of rotatable bonds is 3. The van der Waals surface area contributed by atoms with Gasteiger partial charge in [-0.1, -0.05) is 13.3 Å². The molecule has 108 valence electrons. The van der Waals surface area contributed by atoms with Gasteiger partial charge in [-0.05, 0) is 44.0 Å². The minimum atomic E-state index is -0.0188. The molecular formula is C16H22N2O2. The summed E-state index contributed by atoms with van der Waals surface area (Å²) in [6.07, 6.45) is 4.45. The maximum atomic E-state index is 12.5. The van der Waals surface area contributed by atoms with E-state index in [1.807, 2.05) is 18.2 Å². The predicted octanol–water partition coefficient (Wildman–Crippen LogP) is 2.59. The number of nitrogens with one attached hydrogen (secondary N) is 2. The van der Waals surface area contributed by atoms with Gasteiger partial charge in [-0.15, -0.1) is 0 Å². The number of hydrogen-bond donors (Lipinski definition) is 2. The van der Waals surface area contributed by atoms with Crippen molar-refractivity contribution < 1.29 is 9.53 Å². The Kier molecular flexibility index (Phi) is 3.92. The molecule has 1 fully saturated rings. The first-order valence-corrected chi connectivity index (χ1v) is 7.60. The van der Waals surface area contributed by atoms with Crippen molar-refractivity contribution >= 4 is 11.5 Å². The van der Waals surface area contributed by atoms with Crippen LogP contribution in [0.2, 0.25) is 0 Å². The van der Waals surface area contributed by atoms with Crippen molar-refractivity contribution in [1.82, 2.24) is 5.32 Å². The minimum absolute atomic E-state index is 0.0188. The van der Waals surface area contributed by atoms with Crippen LogP contribution < -0.4 is 15.4 Å². The van der Waals surface area contributed by atoms with Crippen molar-refractivity contribution in [3.63, 3.8) is 0 Å². The van der Waals surface area contributed by atoms with Gasteiger partial charge in [-0.25, -0.2) is 0 Å². The Morgan fingerprint density at radius 1 is 1.40 bits per heavy atom. The lowest BCUT2D eigenvalue weighted by Gasteiger charge is -2.27. The number of carbonyl (C=O) groups excluding carboxylic acids is 1. The second kappa shape index (κ2) is 5.83. The molecule has 0 aromatic heterocycles. The van der Waals surface area contributed by atoms with Crippen molar-refractivity contribution in [2.75, 3.05) is 18.4 Å². The third-order valence-electron chi connectivity index (χ3n) is 4.16. The van der Waals surface area contributed by atoms with Crippen LogP contribution in [0.15, 0.2) is 18.2 Å². The van der Waals surface area contributed by atoms with Gasteiger partial charge in [0.05, 0.1) is 18.3 Å². The molecule has 0 aliphatic carbocycles. The van der Waals surface area contributed by atoms with Crippen LogP contribution >= 0.6 is 0 Å². The van der Waals surface area contributed by atoms with E-state index in [0.717, 1.165) is 49.4 Å². The molecule has 2 aliphatic rings. The first-order chi connectivity index (χ1) is 9.78. The average Bonchev–Trinajstić information content (AvgIpc) is 2.54. The lowest BCUT2D eigenvalue weighted by molar-refractivity contribution is 0.0927. The second-order valence-corrected chi connectivity index (χ2v) is 5.61. The zero-order valence-electron chi connectivity index (χ0n) is 11.9. The van der Waals surface area contributed by atoms with E-state index in [9.17, 15) is 4.79 Å². The fourth-order valence-corrected chi connectivity index (χ4v) is 2.87. The van der Waals surface area contributed by atoms with E-state index in [1.165, 1.54) is 6.42 Å². The Hall–Kier alpha value is -1.55. The Morgan fingerprint density at radius 3 is 3.05 bits per heavy atom. The molecule has 0 bridgehead atoms. The van der Waals surface area contributed by atoms with Crippen LogP contribution in [0.1, 0.15) is 43.0 Å². The van der Waals surface area contributed by atoms with E-state index in [1.54, 1.807) is 0 Å². The van der Waals surface area contributed by atoms with E-state index in [4.69, 9.17) is 4.74 Å². The van der Waals surface area contributed by atoms with E-state index >= 15 is 0 Å². The Bertz CT molecular complexity index is 495. The molecule has 0 radical (unpaired) electrons. The second-order valence-electron chi connectivity index (χ2n) is 5.61. The van der Waals surface area contributed by atoms with Gasteiger partial charge < -0.3 is 15.4 Å². The number of hydrogen-bond acceptors (Lipinski definition) is 4. The molecule has 1 aromatic rings. The number of carbonyl (C=O) groups is 1. The Balaban J connectivity index is 1.76. The molecule has 0 amide bonds. The highest BCUT2D eigenvalue weighted by atomic mass is 16.5. The number of ketones is 1. The zero-order chi connectivity index (χ0) is 13.9. The lowest BCUT2D eigenvalue weighted by Crippen LogP contribution is -2.40. The molecule has 0 saturated carbocycles. The van der Waals surface area contributed by atoms with Crippen molar-refractivity contribution in [3.8, 4) is 5.75 Å². The van der Waals surface area contributed by atoms with Crippen LogP contribution in [0.3, 0.4) is 0 Å². The van der Waals surface area contributed by atoms with Crippen LogP contribution in [-0.4, -0.2) is 31.0 Å². The van der Waals surface area contributed by atoms with Crippen molar-refractivity contribution in [1.29, 1.82) is 0 Å². The Morgan fingerprint density at radius 2 is 2.30 bits per heavy atom. The predicted molar refractivity (Wildman–Crippen MR) is 79.6 cm³/mol. The van der Waals surface area contributed by atoms with Gasteiger partial charge in [0.25, 0.3) is 0 Å². The Labute approximate surface area is 119 Å². The summed E-state index contributed by atoms with van der Waals surface area (Å²) in [5.41, 5.74) is 1.71. The van der Waals surface area contributed by atoms with Gasteiger partial charge in [0.1, 0.15) is 11.9 Å². The summed E-state index contributed by atoms with van der Waals surface area (Å²) >= 11 is 0. The van der Waals surface area contributed by atoms with Crippen LogP contribution in [0.4, 0.5) is 5.69 Å². The van der Waals surface area contributed by atoms with Crippen molar-refractivity contribution in [3.05, 3.63) is 23.8 Å². The highest BCUT2D eigenvalue weighted by Gasteiger charge is 2.24. The van der Waals surface area contributed by atoms with Gasteiger partial charge in [0.2, 0.25) is 0 Å². The molecule has 2 unspecified atom stereocenters. The first kappa shape index (κ1) is 13.4. The first-order valence-electron chi connectivity index (χ1n) is 7.60. The normalized spacial score (nSPS) is 25.2. The fourth-order valence-electron chi connectivity index (χ4n) is 2.87. The smallest absolute Gasteiger partial charge is 0.179 e. The molecule has 2 aliphatic heterocycles. The molecule has 2 heterocycles. The molecule has 2 atom stereocenters. The van der Waals surface area contributed by atoms with Crippen LogP contribution in [0.25, 0.3) is 0 Å². The molecule has 1 saturated heterocycles. The van der Waals surface area contributed by atoms with Crippen molar-refractivity contribution in [2.24, 2.45) is 0 Å². The van der Waals surface area contributed by atoms with E-state index in [-0.39, 0.29) is 17.9 Å². The molecular weight excluding hydrogens is 252 g/mol. The maximum absolute atomic E-state index is 12.5. The van der Waals surface area contributed by atoms with Crippen LogP contribution in [0, 0.1) is 0 Å². The molecule has 4 heteroatoms. The highest BCUT2D eigenvalue weighted by molar-refractivity contribution is 6.01. The van der Waals surface area contributed by atoms with Gasteiger partial charge in [0, 0.05) is 5.56 Å². The number of piperidine rings is 1. The van der Waals surface area contributed by atoms with Crippen molar-refractivity contribution in [2.45, 2.75) is 44.8 Å². The molecule has 1 aromatic carbocycles. The SMILES string of the molecule is CCC1CNc2cc(C(=O)C3CCCCN3)ccc2O1. The van der Waals surface area contributed by atoms with Crippen LogP contribution in [0.5, 0.6) is 5.75 Å². The molecule has 2 N–H and O–H groups in total. The highest BCUT2D eigenvalue weighted by Crippen LogP contribution is 2.31. The summed E-state index contributed by atoms with van der Waals surface area (Å²) in [4.78, 5) is 12.5. The largest absolute Gasteiger partial charge is 0.486 e. The monoisotopic (exact) mass is 274 g/mol. The molecule has 3 rings (SSSR count). The summed E-state index contributed by atoms with van der Waals surface area (Å²) in [6, 6.07) is 5.71. The summed E-state index contributed by atoms with van der Waals surface area (Å²) in [5.74, 6) is 1.06. The summed E-state index contributed by atoms with van der Waals surface area (Å²) in [5, 5.41) is 6.68. The lowest BCUT2D eigenvalue weighted by atomic mass is 9.96. The molecule has 0 spiro atoms. The number of ether oxygens (including phenoxy) is 1. The number of fused-ring (bicyclic) bond motifs is 1. The number of benzene rings is 1. The standard InChI is InChI=1S/C16H22N2O2/c1-2-12-10-18-14-9-11(6-7-15(14)20-12)16(19)13-5-3-4-8-17-13/h6-7,9,12-13,17-18H,2-5,8,10H2,1H3. The van der Waals surface area contributed by atoms with E-state index in [2.05, 4.69) is 17.6 Å².